The molecule has 0 atom stereocenters. The lowest BCUT2D eigenvalue weighted by atomic mass is 10.2. The highest BCUT2D eigenvalue weighted by Gasteiger charge is 2.08. The van der Waals surface area contributed by atoms with E-state index in [-0.39, 0.29) is 5.28 Å². The predicted octanol–water partition coefficient (Wildman–Crippen LogP) is 3.96. The summed E-state index contributed by atoms with van der Waals surface area (Å²) in [7, 11) is 0. The second-order valence-electron chi connectivity index (χ2n) is 4.28. The summed E-state index contributed by atoms with van der Waals surface area (Å²) in [5.41, 5.74) is 1.93. The molecule has 98 valence electrons. The van der Waals surface area contributed by atoms with Crippen molar-refractivity contribution in [3.8, 4) is 0 Å². The molecule has 0 fully saturated rings. The maximum Gasteiger partial charge on any atom is 0.225 e. The highest BCUT2D eigenvalue weighted by atomic mass is 35.5. The summed E-state index contributed by atoms with van der Waals surface area (Å²) < 4.78 is 0. The number of nitrogens with zero attached hydrogens (tertiary/aromatic N) is 3. The number of hydrogen-bond donors (Lipinski definition) is 2. The van der Waals surface area contributed by atoms with Crippen LogP contribution in [0.4, 0.5) is 11.5 Å². The smallest absolute Gasteiger partial charge is 0.225 e. The van der Waals surface area contributed by atoms with E-state index in [9.17, 15) is 0 Å². The molecule has 0 unspecified atom stereocenters. The monoisotopic (exact) mass is 301 g/mol. The van der Waals surface area contributed by atoms with Crippen molar-refractivity contribution in [2.24, 2.45) is 0 Å². The quantitative estimate of drug-likeness (QED) is 0.550. The normalized spacial score (nSPS) is 11.2. The molecule has 4 aromatic rings. The van der Waals surface area contributed by atoms with Gasteiger partial charge in [0.05, 0.1) is 17.1 Å². The van der Waals surface area contributed by atoms with E-state index in [1.54, 1.807) is 6.20 Å². The van der Waals surface area contributed by atoms with Crippen LogP contribution in [0.3, 0.4) is 0 Å². The molecule has 0 aliphatic heterocycles. The number of benzene rings is 1. The number of nitrogens with one attached hydrogen (secondary N) is 2. The van der Waals surface area contributed by atoms with Gasteiger partial charge in [-0.1, -0.05) is 0 Å². The molecule has 7 heteroatoms. The van der Waals surface area contributed by atoms with Crippen molar-refractivity contribution in [2.45, 2.75) is 0 Å². The van der Waals surface area contributed by atoms with Crippen LogP contribution in [0.1, 0.15) is 0 Å². The van der Waals surface area contributed by atoms with Crippen molar-refractivity contribution >= 4 is 55.6 Å². The van der Waals surface area contributed by atoms with Crippen molar-refractivity contribution in [2.75, 3.05) is 5.32 Å². The Morgan fingerprint density at radius 1 is 1.20 bits per heavy atom. The maximum atomic E-state index is 5.95. The Kier molecular flexibility index (Phi) is 2.58. The van der Waals surface area contributed by atoms with Gasteiger partial charge in [-0.25, -0.2) is 4.98 Å². The van der Waals surface area contributed by atoms with Gasteiger partial charge in [0, 0.05) is 11.1 Å². The summed E-state index contributed by atoms with van der Waals surface area (Å²) in [6, 6.07) is 7.93. The van der Waals surface area contributed by atoms with Crippen LogP contribution in [0.5, 0.6) is 0 Å². The van der Waals surface area contributed by atoms with Gasteiger partial charge in [0.25, 0.3) is 0 Å². The molecule has 0 amide bonds. The average molecular weight is 302 g/mol. The third-order valence-electron chi connectivity index (χ3n) is 3.00. The van der Waals surface area contributed by atoms with Gasteiger partial charge < -0.3 is 5.32 Å². The molecule has 0 aliphatic carbocycles. The summed E-state index contributed by atoms with van der Waals surface area (Å²) in [5, 5.41) is 14.4. The zero-order valence-electron chi connectivity index (χ0n) is 10.1. The second-order valence-corrected chi connectivity index (χ2v) is 5.51. The third kappa shape index (κ3) is 1.90. The first-order chi connectivity index (χ1) is 9.79. The van der Waals surface area contributed by atoms with Gasteiger partial charge in [-0.3, -0.25) is 5.10 Å². The lowest BCUT2D eigenvalue weighted by Gasteiger charge is -2.07. The number of thiophene rings is 1. The number of anilines is 2. The molecule has 3 heterocycles. The molecule has 5 nitrogen and oxygen atoms in total. The molecule has 0 spiro atoms. The van der Waals surface area contributed by atoms with Gasteiger partial charge in [0.2, 0.25) is 5.28 Å². The fraction of sp³-hybridized carbons (Fsp3) is 0. The minimum atomic E-state index is 0.242. The topological polar surface area (TPSA) is 66.5 Å². The van der Waals surface area contributed by atoms with E-state index in [1.807, 2.05) is 29.6 Å². The Labute approximate surface area is 122 Å². The first-order valence-electron chi connectivity index (χ1n) is 5.90. The number of H-pyrrole nitrogens is 1. The molecule has 20 heavy (non-hydrogen) atoms. The summed E-state index contributed by atoms with van der Waals surface area (Å²) in [5.74, 6) is 0.712. The van der Waals surface area contributed by atoms with Gasteiger partial charge in [-0.15, -0.1) is 11.3 Å². The number of rotatable bonds is 2. The van der Waals surface area contributed by atoms with Gasteiger partial charge in [0.1, 0.15) is 10.6 Å². The summed E-state index contributed by atoms with van der Waals surface area (Å²) in [6.45, 7) is 0. The second kappa shape index (κ2) is 4.43. The van der Waals surface area contributed by atoms with E-state index in [0.717, 1.165) is 26.8 Å². The lowest BCUT2D eigenvalue weighted by molar-refractivity contribution is 1.12. The number of aromatic nitrogens is 4. The Bertz CT molecular complexity index is 913. The number of fused-ring (bicyclic) bond motifs is 2. The minimum Gasteiger partial charge on any atom is -0.340 e. The lowest BCUT2D eigenvalue weighted by Crippen LogP contribution is -1.95. The zero-order valence-corrected chi connectivity index (χ0v) is 11.7. The van der Waals surface area contributed by atoms with Crippen LogP contribution in [0.15, 0.2) is 35.8 Å². The fourth-order valence-electron chi connectivity index (χ4n) is 2.08. The van der Waals surface area contributed by atoms with Crippen molar-refractivity contribution < 1.29 is 0 Å². The van der Waals surface area contributed by atoms with E-state index in [0.29, 0.717) is 5.82 Å². The number of aromatic amines is 1. The SMILES string of the molecule is Clc1nc(Nc2ccc3[nH]ncc3c2)c2ccsc2n1. The van der Waals surface area contributed by atoms with Gasteiger partial charge in [0.15, 0.2) is 0 Å². The molecule has 4 rings (SSSR count). The van der Waals surface area contributed by atoms with Crippen LogP contribution in [-0.4, -0.2) is 20.2 Å². The van der Waals surface area contributed by atoms with E-state index >= 15 is 0 Å². The van der Waals surface area contributed by atoms with E-state index in [2.05, 4.69) is 25.5 Å². The molecule has 0 bridgehead atoms. The molecular formula is C13H8ClN5S. The summed E-state index contributed by atoms with van der Waals surface area (Å²) in [4.78, 5) is 9.33. The number of halogens is 1. The average Bonchev–Trinajstić information content (AvgIpc) is 3.05. The van der Waals surface area contributed by atoms with Crippen molar-refractivity contribution in [1.29, 1.82) is 0 Å². The highest BCUT2D eigenvalue weighted by Crippen LogP contribution is 2.29. The van der Waals surface area contributed by atoms with Gasteiger partial charge in [-0.05, 0) is 41.2 Å². The van der Waals surface area contributed by atoms with Crippen molar-refractivity contribution in [3.63, 3.8) is 0 Å². The van der Waals surface area contributed by atoms with Crippen LogP contribution in [-0.2, 0) is 0 Å². The van der Waals surface area contributed by atoms with E-state index in [1.165, 1.54) is 11.3 Å². The van der Waals surface area contributed by atoms with Crippen LogP contribution in [0.2, 0.25) is 5.28 Å². The molecule has 0 aliphatic rings. The Morgan fingerprint density at radius 2 is 2.15 bits per heavy atom. The molecule has 0 radical (unpaired) electrons. The Hall–Kier alpha value is -2.18. The van der Waals surface area contributed by atoms with Crippen molar-refractivity contribution in [1.82, 2.24) is 20.2 Å². The summed E-state index contributed by atoms with van der Waals surface area (Å²) >= 11 is 7.49. The van der Waals surface area contributed by atoms with Crippen molar-refractivity contribution in [3.05, 3.63) is 41.1 Å². The fourth-order valence-corrected chi connectivity index (χ4v) is 3.06. The summed E-state index contributed by atoms with van der Waals surface area (Å²) in [6.07, 6.45) is 1.79. The van der Waals surface area contributed by atoms with E-state index < -0.39 is 0 Å². The van der Waals surface area contributed by atoms with Crippen LogP contribution >= 0.6 is 22.9 Å². The largest absolute Gasteiger partial charge is 0.340 e. The predicted molar refractivity (Wildman–Crippen MR) is 81.8 cm³/mol. The van der Waals surface area contributed by atoms with Crippen LogP contribution in [0.25, 0.3) is 21.1 Å². The Morgan fingerprint density at radius 3 is 3.10 bits per heavy atom. The molecule has 0 saturated heterocycles. The number of hydrogen-bond acceptors (Lipinski definition) is 5. The first-order valence-corrected chi connectivity index (χ1v) is 7.16. The minimum absolute atomic E-state index is 0.242. The van der Waals surface area contributed by atoms with Crippen LogP contribution in [0, 0.1) is 0 Å². The van der Waals surface area contributed by atoms with Gasteiger partial charge >= 0.3 is 0 Å². The highest BCUT2D eigenvalue weighted by molar-refractivity contribution is 7.16. The molecule has 1 aromatic carbocycles. The molecular weight excluding hydrogens is 294 g/mol. The first kappa shape index (κ1) is 11.6. The van der Waals surface area contributed by atoms with Crippen LogP contribution < -0.4 is 5.32 Å². The van der Waals surface area contributed by atoms with E-state index in [4.69, 9.17) is 11.6 Å². The Balaban J connectivity index is 1.81. The molecule has 3 aromatic heterocycles. The third-order valence-corrected chi connectivity index (χ3v) is 3.98. The van der Waals surface area contributed by atoms with Gasteiger partial charge in [-0.2, -0.15) is 10.1 Å². The standard InChI is InChI=1S/C13H8ClN5S/c14-13-17-11(9-3-4-20-12(9)18-13)16-8-1-2-10-7(5-8)6-15-19-10/h1-6H,(H,15,19)(H,16,17,18). The molecule has 0 saturated carbocycles. The zero-order chi connectivity index (χ0) is 13.5. The molecule has 2 N–H and O–H groups in total. The maximum absolute atomic E-state index is 5.95.